The van der Waals surface area contributed by atoms with Crippen LogP contribution in [0.1, 0.15) is 23.2 Å². The predicted molar refractivity (Wildman–Crippen MR) is 128 cm³/mol. The SMILES string of the molecule is CCc1ccc(-n2cccc2/C=C(/C#N)C(=O)Nc2nnc(COc3ccccc3)s2)cc1. The van der Waals surface area contributed by atoms with E-state index in [1.165, 1.54) is 16.9 Å². The molecule has 164 valence electrons. The fourth-order valence-electron chi connectivity index (χ4n) is 3.12. The van der Waals surface area contributed by atoms with E-state index in [4.69, 9.17) is 4.74 Å². The molecule has 1 amide bonds. The number of nitrogens with zero attached hydrogens (tertiary/aromatic N) is 4. The van der Waals surface area contributed by atoms with Crippen LogP contribution in [0.4, 0.5) is 5.13 Å². The van der Waals surface area contributed by atoms with Crippen LogP contribution in [0.2, 0.25) is 0 Å². The number of benzene rings is 2. The molecule has 4 rings (SSSR count). The van der Waals surface area contributed by atoms with Gasteiger partial charge in [-0.25, -0.2) is 0 Å². The number of rotatable bonds is 8. The van der Waals surface area contributed by atoms with Crippen LogP contribution in [0.5, 0.6) is 5.75 Å². The van der Waals surface area contributed by atoms with Gasteiger partial charge in [0.25, 0.3) is 5.91 Å². The van der Waals surface area contributed by atoms with E-state index in [2.05, 4.69) is 34.6 Å². The van der Waals surface area contributed by atoms with Crippen molar-refractivity contribution in [1.82, 2.24) is 14.8 Å². The fraction of sp³-hybridized carbons (Fsp3) is 0.120. The molecule has 0 saturated carbocycles. The lowest BCUT2D eigenvalue weighted by molar-refractivity contribution is -0.112. The molecule has 2 aromatic carbocycles. The van der Waals surface area contributed by atoms with E-state index in [1.54, 1.807) is 6.08 Å². The van der Waals surface area contributed by atoms with E-state index in [-0.39, 0.29) is 12.2 Å². The van der Waals surface area contributed by atoms with Crippen molar-refractivity contribution >= 4 is 28.5 Å². The second-order valence-corrected chi connectivity index (χ2v) is 8.11. The molecule has 4 aromatic rings. The van der Waals surface area contributed by atoms with Gasteiger partial charge in [-0.3, -0.25) is 10.1 Å². The van der Waals surface area contributed by atoms with Crippen molar-refractivity contribution in [2.45, 2.75) is 20.0 Å². The molecule has 7 nitrogen and oxygen atoms in total. The van der Waals surface area contributed by atoms with Gasteiger partial charge in [0, 0.05) is 17.6 Å². The number of anilines is 1. The normalized spacial score (nSPS) is 11.1. The number of aryl methyl sites for hydroxylation is 1. The summed E-state index contributed by atoms with van der Waals surface area (Å²) in [5.74, 6) is 0.179. The highest BCUT2D eigenvalue weighted by Gasteiger charge is 2.14. The van der Waals surface area contributed by atoms with Gasteiger partial charge in [0.2, 0.25) is 5.13 Å². The first-order valence-electron chi connectivity index (χ1n) is 10.4. The minimum Gasteiger partial charge on any atom is -0.486 e. The van der Waals surface area contributed by atoms with Crippen LogP contribution in [0.3, 0.4) is 0 Å². The van der Waals surface area contributed by atoms with Crippen LogP contribution in [-0.2, 0) is 17.8 Å². The molecule has 0 bridgehead atoms. The van der Waals surface area contributed by atoms with Crippen LogP contribution in [0, 0.1) is 11.3 Å². The third-order valence-corrected chi connectivity index (χ3v) is 5.67. The third-order valence-electron chi connectivity index (χ3n) is 4.85. The van der Waals surface area contributed by atoms with E-state index in [0.29, 0.717) is 10.1 Å². The van der Waals surface area contributed by atoms with Crippen molar-refractivity contribution < 1.29 is 9.53 Å². The number of nitrogens with one attached hydrogen (secondary N) is 1. The Balaban J connectivity index is 1.44. The molecule has 0 saturated heterocycles. The maximum atomic E-state index is 12.7. The second-order valence-electron chi connectivity index (χ2n) is 7.05. The van der Waals surface area contributed by atoms with E-state index >= 15 is 0 Å². The summed E-state index contributed by atoms with van der Waals surface area (Å²) in [5.41, 5.74) is 2.89. The largest absolute Gasteiger partial charge is 0.486 e. The van der Waals surface area contributed by atoms with Gasteiger partial charge >= 0.3 is 0 Å². The summed E-state index contributed by atoms with van der Waals surface area (Å²) in [6.45, 7) is 2.34. The fourth-order valence-corrected chi connectivity index (χ4v) is 3.77. The molecule has 0 fully saturated rings. The van der Waals surface area contributed by atoms with Gasteiger partial charge in [0.15, 0.2) is 5.01 Å². The zero-order chi connectivity index (χ0) is 23.0. The first-order valence-corrected chi connectivity index (χ1v) is 11.2. The number of hydrogen-bond donors (Lipinski definition) is 1. The van der Waals surface area contributed by atoms with E-state index in [9.17, 15) is 10.1 Å². The second kappa shape index (κ2) is 10.4. The average molecular weight is 456 g/mol. The van der Waals surface area contributed by atoms with Gasteiger partial charge in [-0.05, 0) is 54.5 Å². The Bertz CT molecular complexity index is 1300. The number of carbonyl (C=O) groups excluding carboxylic acids is 1. The maximum absolute atomic E-state index is 12.7. The molecule has 0 aliphatic carbocycles. The Kier molecular flexibility index (Phi) is 6.93. The number of amides is 1. The highest BCUT2D eigenvalue weighted by molar-refractivity contribution is 7.15. The van der Waals surface area contributed by atoms with Crippen LogP contribution in [-0.4, -0.2) is 20.7 Å². The Morgan fingerprint density at radius 2 is 1.91 bits per heavy atom. The number of para-hydroxylation sites is 1. The summed E-state index contributed by atoms with van der Waals surface area (Å²) in [7, 11) is 0. The monoisotopic (exact) mass is 455 g/mol. The summed E-state index contributed by atoms with van der Waals surface area (Å²) < 4.78 is 7.57. The number of hydrogen-bond acceptors (Lipinski definition) is 6. The van der Waals surface area contributed by atoms with Crippen molar-refractivity contribution in [3.63, 3.8) is 0 Å². The van der Waals surface area contributed by atoms with Crippen LogP contribution in [0.25, 0.3) is 11.8 Å². The summed E-state index contributed by atoms with van der Waals surface area (Å²) in [4.78, 5) is 12.7. The van der Waals surface area contributed by atoms with Gasteiger partial charge in [-0.2, -0.15) is 5.26 Å². The van der Waals surface area contributed by atoms with E-state index in [1.807, 2.05) is 71.4 Å². The molecular weight excluding hydrogens is 434 g/mol. The molecule has 2 aromatic heterocycles. The first-order chi connectivity index (χ1) is 16.2. The Hall–Kier alpha value is -4.22. The minimum absolute atomic E-state index is 0.0302. The zero-order valence-corrected chi connectivity index (χ0v) is 18.7. The lowest BCUT2D eigenvalue weighted by Crippen LogP contribution is -2.13. The summed E-state index contributed by atoms with van der Waals surface area (Å²) in [5, 5.41) is 21.2. The van der Waals surface area contributed by atoms with Crippen LogP contribution in [0.15, 0.2) is 78.5 Å². The third kappa shape index (κ3) is 5.53. The van der Waals surface area contributed by atoms with Crippen LogP contribution < -0.4 is 10.1 Å². The molecule has 0 unspecified atom stereocenters. The van der Waals surface area contributed by atoms with Crippen molar-refractivity contribution in [2.75, 3.05) is 5.32 Å². The number of ether oxygens (including phenoxy) is 1. The minimum atomic E-state index is -0.543. The molecule has 0 aliphatic heterocycles. The molecule has 2 heterocycles. The Labute approximate surface area is 195 Å². The molecule has 0 atom stereocenters. The molecular formula is C25H21N5O2S. The summed E-state index contributed by atoms with van der Waals surface area (Å²) in [6, 6.07) is 23.2. The zero-order valence-electron chi connectivity index (χ0n) is 17.9. The molecule has 1 N–H and O–H groups in total. The predicted octanol–water partition coefficient (Wildman–Crippen LogP) is 5.02. The van der Waals surface area contributed by atoms with Gasteiger partial charge in [-0.15, -0.1) is 10.2 Å². The molecule has 33 heavy (non-hydrogen) atoms. The topological polar surface area (TPSA) is 92.8 Å². The molecule has 0 aliphatic rings. The van der Waals surface area contributed by atoms with Crippen molar-refractivity contribution in [3.8, 4) is 17.5 Å². The summed E-state index contributed by atoms with van der Waals surface area (Å²) in [6.07, 6.45) is 4.41. The van der Waals surface area contributed by atoms with E-state index in [0.717, 1.165) is 23.6 Å². The van der Waals surface area contributed by atoms with Crippen molar-refractivity contribution in [2.24, 2.45) is 0 Å². The van der Waals surface area contributed by atoms with Crippen molar-refractivity contribution in [1.29, 1.82) is 5.26 Å². The van der Waals surface area contributed by atoms with Gasteiger partial charge in [0.05, 0.1) is 0 Å². The molecule has 8 heteroatoms. The smallest absolute Gasteiger partial charge is 0.268 e. The number of carbonyl (C=O) groups is 1. The number of nitriles is 1. The highest BCUT2D eigenvalue weighted by Crippen LogP contribution is 2.20. The standard InChI is InChI=1S/C25H21N5O2S/c1-2-18-10-12-20(13-11-18)30-14-6-7-21(30)15-19(16-26)24(31)27-25-29-28-23(33-25)17-32-22-8-4-3-5-9-22/h3-15H,2,17H2,1H3,(H,27,29,31)/b19-15-. The Morgan fingerprint density at radius 1 is 1.12 bits per heavy atom. The van der Waals surface area contributed by atoms with Gasteiger partial charge in [0.1, 0.15) is 24.0 Å². The van der Waals surface area contributed by atoms with Crippen LogP contribution >= 0.6 is 11.3 Å². The van der Waals surface area contributed by atoms with Gasteiger partial charge in [-0.1, -0.05) is 48.6 Å². The number of aromatic nitrogens is 3. The first kappa shape index (κ1) is 22.0. The quantitative estimate of drug-likeness (QED) is 0.298. The maximum Gasteiger partial charge on any atom is 0.268 e. The average Bonchev–Trinajstić information content (AvgIpc) is 3.51. The lowest BCUT2D eigenvalue weighted by Gasteiger charge is -2.08. The lowest BCUT2D eigenvalue weighted by atomic mass is 10.1. The van der Waals surface area contributed by atoms with Gasteiger partial charge < -0.3 is 9.30 Å². The van der Waals surface area contributed by atoms with E-state index < -0.39 is 5.91 Å². The van der Waals surface area contributed by atoms with Crippen molar-refractivity contribution in [3.05, 3.63) is 94.8 Å². The summed E-state index contributed by atoms with van der Waals surface area (Å²) >= 11 is 1.20. The molecule has 0 radical (unpaired) electrons. The highest BCUT2D eigenvalue weighted by atomic mass is 32.1. The Morgan fingerprint density at radius 3 is 2.64 bits per heavy atom. The molecule has 0 spiro atoms.